The highest BCUT2D eigenvalue weighted by molar-refractivity contribution is 7.92. The summed E-state index contributed by atoms with van der Waals surface area (Å²) in [5, 5.41) is 2.88. The van der Waals surface area contributed by atoms with Crippen molar-refractivity contribution in [2.24, 2.45) is 0 Å². The van der Waals surface area contributed by atoms with Gasteiger partial charge in [-0.15, -0.1) is 0 Å². The van der Waals surface area contributed by atoms with Crippen LogP contribution in [-0.2, 0) is 21.2 Å². The Balaban J connectivity index is 1.36. The van der Waals surface area contributed by atoms with Crippen LogP contribution in [0.25, 0.3) is 0 Å². The van der Waals surface area contributed by atoms with Gasteiger partial charge in [0, 0.05) is 6.54 Å². The average Bonchev–Trinajstić information content (AvgIpc) is 2.87. The molecular formula is C26H28N2O5S. The van der Waals surface area contributed by atoms with Gasteiger partial charge in [0.15, 0.2) is 6.61 Å². The molecule has 1 heterocycles. The molecule has 1 amide bonds. The van der Waals surface area contributed by atoms with Crippen molar-refractivity contribution < 1.29 is 22.7 Å². The fourth-order valence-corrected chi connectivity index (χ4v) is 5.53. The first kappa shape index (κ1) is 23.6. The van der Waals surface area contributed by atoms with E-state index in [4.69, 9.17) is 9.47 Å². The monoisotopic (exact) mass is 480 g/mol. The fraction of sp³-hybridized carbons (Fsp3) is 0.269. The molecule has 0 aliphatic carbocycles. The van der Waals surface area contributed by atoms with Crippen molar-refractivity contribution in [1.82, 2.24) is 5.32 Å². The van der Waals surface area contributed by atoms with E-state index in [0.717, 1.165) is 35.4 Å². The topological polar surface area (TPSA) is 84.9 Å². The van der Waals surface area contributed by atoms with Crippen LogP contribution < -0.4 is 19.1 Å². The van der Waals surface area contributed by atoms with Gasteiger partial charge in [0.2, 0.25) is 0 Å². The zero-order valence-corrected chi connectivity index (χ0v) is 20.0. The van der Waals surface area contributed by atoms with Crippen molar-refractivity contribution in [3.63, 3.8) is 0 Å². The molecule has 0 radical (unpaired) electrons. The van der Waals surface area contributed by atoms with E-state index in [1.165, 1.54) is 16.4 Å². The standard InChI is InChI=1S/C26H28N2O5S/c1-19(20-9-11-22(32-2)12-10-20)27-26(29)18-33-23-13-15-24(16-14-23)34(30,31)28-17-5-7-21-6-3-4-8-25(21)28/h3-4,6,8-16,19H,5,7,17-18H2,1-2H3,(H,27,29). The van der Waals surface area contributed by atoms with Crippen molar-refractivity contribution >= 4 is 21.6 Å². The maximum Gasteiger partial charge on any atom is 0.264 e. The molecule has 1 atom stereocenters. The molecule has 4 rings (SSSR count). The summed E-state index contributed by atoms with van der Waals surface area (Å²) in [5.41, 5.74) is 2.71. The van der Waals surface area contributed by atoms with Crippen molar-refractivity contribution in [1.29, 1.82) is 0 Å². The third-order valence-electron chi connectivity index (χ3n) is 5.84. The number of aryl methyl sites for hydroxylation is 1. The van der Waals surface area contributed by atoms with Gasteiger partial charge in [-0.1, -0.05) is 30.3 Å². The summed E-state index contributed by atoms with van der Waals surface area (Å²) in [5.74, 6) is 0.899. The molecule has 1 N–H and O–H groups in total. The normalized spacial score (nSPS) is 14.1. The summed E-state index contributed by atoms with van der Waals surface area (Å²) < 4.78 is 38.7. The summed E-state index contributed by atoms with van der Waals surface area (Å²) in [6.07, 6.45) is 1.65. The quantitative estimate of drug-likeness (QED) is 0.525. The second-order valence-electron chi connectivity index (χ2n) is 8.13. The molecule has 3 aromatic carbocycles. The Kier molecular flexibility index (Phi) is 7.07. The van der Waals surface area contributed by atoms with Gasteiger partial charge in [-0.25, -0.2) is 8.42 Å². The van der Waals surface area contributed by atoms with Gasteiger partial charge in [-0.2, -0.15) is 0 Å². The molecule has 8 heteroatoms. The van der Waals surface area contributed by atoms with E-state index in [1.807, 2.05) is 55.5 Å². The number of benzene rings is 3. The highest BCUT2D eigenvalue weighted by Crippen LogP contribution is 2.32. The SMILES string of the molecule is COc1ccc(C(C)NC(=O)COc2ccc(S(=O)(=O)N3CCCc4ccccc43)cc2)cc1. The Labute approximate surface area is 200 Å². The minimum atomic E-state index is -3.69. The summed E-state index contributed by atoms with van der Waals surface area (Å²) >= 11 is 0. The molecule has 178 valence electrons. The van der Waals surface area contributed by atoms with E-state index in [0.29, 0.717) is 12.3 Å². The molecule has 0 aromatic heterocycles. The van der Waals surface area contributed by atoms with Crippen LogP contribution in [0.3, 0.4) is 0 Å². The largest absolute Gasteiger partial charge is 0.497 e. The number of methoxy groups -OCH3 is 1. The number of hydrogen-bond donors (Lipinski definition) is 1. The van der Waals surface area contributed by atoms with E-state index in [1.54, 1.807) is 19.2 Å². The van der Waals surface area contributed by atoms with Crippen LogP contribution in [0.4, 0.5) is 5.69 Å². The molecule has 7 nitrogen and oxygen atoms in total. The molecule has 1 aliphatic heterocycles. The van der Waals surface area contributed by atoms with E-state index in [2.05, 4.69) is 5.32 Å². The van der Waals surface area contributed by atoms with Crippen molar-refractivity contribution in [2.45, 2.75) is 30.7 Å². The van der Waals surface area contributed by atoms with Gasteiger partial charge in [-0.3, -0.25) is 9.10 Å². The Bertz CT molecular complexity index is 1240. The molecule has 0 bridgehead atoms. The number of hydrogen-bond acceptors (Lipinski definition) is 5. The van der Waals surface area contributed by atoms with Crippen molar-refractivity contribution in [3.8, 4) is 11.5 Å². The Morgan fingerprint density at radius 3 is 2.38 bits per heavy atom. The van der Waals surface area contributed by atoms with Gasteiger partial charge in [-0.05, 0) is 73.4 Å². The summed E-state index contributed by atoms with van der Waals surface area (Å²) in [4.78, 5) is 12.5. The number of carbonyl (C=O) groups is 1. The summed E-state index contributed by atoms with van der Waals surface area (Å²) in [6.45, 7) is 2.16. The van der Waals surface area contributed by atoms with Crippen LogP contribution >= 0.6 is 0 Å². The van der Waals surface area contributed by atoms with Gasteiger partial charge in [0.1, 0.15) is 11.5 Å². The lowest BCUT2D eigenvalue weighted by Gasteiger charge is -2.30. The minimum absolute atomic E-state index is 0.175. The lowest BCUT2D eigenvalue weighted by Crippen LogP contribution is -2.35. The highest BCUT2D eigenvalue weighted by atomic mass is 32.2. The van der Waals surface area contributed by atoms with Crippen molar-refractivity contribution in [3.05, 3.63) is 83.9 Å². The van der Waals surface area contributed by atoms with Crippen LogP contribution in [0.5, 0.6) is 11.5 Å². The first-order valence-corrected chi connectivity index (χ1v) is 12.6. The Hall–Kier alpha value is -3.52. The number of para-hydroxylation sites is 1. The second kappa shape index (κ2) is 10.2. The first-order valence-electron chi connectivity index (χ1n) is 11.2. The number of fused-ring (bicyclic) bond motifs is 1. The maximum atomic E-state index is 13.2. The number of nitrogens with one attached hydrogen (secondary N) is 1. The molecule has 0 spiro atoms. The third kappa shape index (κ3) is 5.17. The van der Waals surface area contributed by atoms with E-state index < -0.39 is 10.0 Å². The number of sulfonamides is 1. The van der Waals surface area contributed by atoms with Gasteiger partial charge in [0.25, 0.3) is 15.9 Å². The van der Waals surface area contributed by atoms with Gasteiger partial charge >= 0.3 is 0 Å². The lowest BCUT2D eigenvalue weighted by molar-refractivity contribution is -0.123. The van der Waals surface area contributed by atoms with E-state index in [-0.39, 0.29) is 23.5 Å². The van der Waals surface area contributed by atoms with Crippen LogP contribution in [-0.4, -0.2) is 34.6 Å². The van der Waals surface area contributed by atoms with Crippen LogP contribution in [0, 0.1) is 0 Å². The van der Waals surface area contributed by atoms with Crippen LogP contribution in [0.15, 0.2) is 77.7 Å². The molecule has 3 aromatic rings. The lowest BCUT2D eigenvalue weighted by atomic mass is 10.0. The number of ether oxygens (including phenoxy) is 2. The summed E-state index contributed by atoms with van der Waals surface area (Å²) in [7, 11) is -2.08. The number of carbonyl (C=O) groups excluding carboxylic acids is 1. The predicted molar refractivity (Wildman–Crippen MR) is 131 cm³/mol. The van der Waals surface area contributed by atoms with Crippen LogP contribution in [0.1, 0.15) is 30.5 Å². The van der Waals surface area contributed by atoms with Gasteiger partial charge in [0.05, 0.1) is 23.7 Å². The van der Waals surface area contributed by atoms with Crippen molar-refractivity contribution in [2.75, 3.05) is 24.6 Å². The molecule has 1 unspecified atom stereocenters. The molecule has 0 saturated carbocycles. The zero-order valence-electron chi connectivity index (χ0n) is 19.2. The molecule has 0 saturated heterocycles. The minimum Gasteiger partial charge on any atom is -0.497 e. The number of anilines is 1. The Morgan fingerprint density at radius 1 is 1.00 bits per heavy atom. The third-order valence-corrected chi connectivity index (χ3v) is 7.67. The molecular weight excluding hydrogens is 452 g/mol. The van der Waals surface area contributed by atoms with Crippen LogP contribution in [0.2, 0.25) is 0 Å². The first-order chi connectivity index (χ1) is 16.4. The number of nitrogens with zero attached hydrogens (tertiary/aromatic N) is 1. The molecule has 0 fully saturated rings. The molecule has 1 aliphatic rings. The Morgan fingerprint density at radius 2 is 1.68 bits per heavy atom. The summed E-state index contributed by atoms with van der Waals surface area (Å²) in [6, 6.07) is 21.0. The van der Waals surface area contributed by atoms with E-state index >= 15 is 0 Å². The zero-order chi connectivity index (χ0) is 24.1. The average molecular weight is 481 g/mol. The number of rotatable bonds is 8. The second-order valence-corrected chi connectivity index (χ2v) is 9.99. The predicted octanol–water partition coefficient (Wildman–Crippen LogP) is 4.09. The van der Waals surface area contributed by atoms with Gasteiger partial charge < -0.3 is 14.8 Å². The number of amides is 1. The van der Waals surface area contributed by atoms with E-state index in [9.17, 15) is 13.2 Å². The maximum absolute atomic E-state index is 13.2. The highest BCUT2D eigenvalue weighted by Gasteiger charge is 2.28. The fourth-order valence-electron chi connectivity index (χ4n) is 3.99. The molecule has 34 heavy (non-hydrogen) atoms. The smallest absolute Gasteiger partial charge is 0.264 e.